The Bertz CT molecular complexity index is 153. The Morgan fingerprint density at radius 2 is 1.75 bits per heavy atom. The monoisotopic (exact) mass is 230 g/mol. The van der Waals surface area contributed by atoms with E-state index in [1.54, 1.807) is 0 Å². The maximum absolute atomic E-state index is 10.7. The highest BCUT2D eigenvalue weighted by molar-refractivity contribution is 5.70. The number of carboxylic acid groups (broad SMARTS) is 1. The molecule has 0 radical (unpaired) electrons. The van der Waals surface area contributed by atoms with Crippen molar-refractivity contribution in [3.8, 4) is 0 Å². The summed E-state index contributed by atoms with van der Waals surface area (Å²) in [5.41, 5.74) is 0. The number of carboxylic acids is 1. The molecule has 1 N–H and O–H groups in total. The van der Waals surface area contributed by atoms with E-state index in [2.05, 4.69) is 6.92 Å². The smallest absolute Gasteiger partial charge is 0.306 e. The van der Waals surface area contributed by atoms with Crippen molar-refractivity contribution in [3.05, 3.63) is 0 Å². The van der Waals surface area contributed by atoms with Crippen LogP contribution in [0.1, 0.15) is 73.1 Å². The van der Waals surface area contributed by atoms with Gasteiger partial charge in [-0.15, -0.1) is 0 Å². The molecule has 0 saturated heterocycles. The molecule has 98 valence electrons. The Labute approximate surface area is 101 Å². The Hall–Kier alpha value is -0.530. The second-order valence-corrected chi connectivity index (χ2v) is 3.86. The Kier molecular flexibility index (Phi) is 14.0. The third kappa shape index (κ3) is 7.72. The lowest BCUT2D eigenvalue weighted by Crippen LogP contribution is -2.22. The van der Waals surface area contributed by atoms with Gasteiger partial charge in [0.15, 0.2) is 0 Å². The normalized spacial score (nSPS) is 23.3. The van der Waals surface area contributed by atoms with Crippen molar-refractivity contribution in [2.45, 2.75) is 73.1 Å². The standard InChI is InChI=1S/C10H18O2.2C2H6/c1-2-4-8-5-3-6-9(7-8)10(11)12;2*1-2/h8-9H,2-7H2,1H3,(H,11,12);2*1-2H3. The summed E-state index contributed by atoms with van der Waals surface area (Å²) in [5, 5.41) is 8.82. The van der Waals surface area contributed by atoms with E-state index < -0.39 is 5.97 Å². The van der Waals surface area contributed by atoms with Gasteiger partial charge in [-0.3, -0.25) is 4.79 Å². The van der Waals surface area contributed by atoms with Crippen LogP contribution in [0.4, 0.5) is 0 Å². The third-order valence-electron chi connectivity index (χ3n) is 2.83. The van der Waals surface area contributed by atoms with E-state index in [1.807, 2.05) is 27.7 Å². The first-order valence-electron chi connectivity index (χ1n) is 6.96. The number of carbonyl (C=O) groups is 1. The average Bonchev–Trinajstić information content (AvgIpc) is 2.35. The van der Waals surface area contributed by atoms with E-state index in [-0.39, 0.29) is 5.92 Å². The average molecular weight is 230 g/mol. The molecule has 16 heavy (non-hydrogen) atoms. The van der Waals surface area contributed by atoms with Gasteiger partial charge in [0.2, 0.25) is 0 Å². The highest BCUT2D eigenvalue weighted by Gasteiger charge is 2.25. The van der Waals surface area contributed by atoms with Gasteiger partial charge in [-0.1, -0.05) is 60.3 Å². The number of hydrogen-bond donors (Lipinski definition) is 1. The lowest BCUT2D eigenvalue weighted by molar-refractivity contribution is -0.143. The largest absolute Gasteiger partial charge is 0.481 e. The van der Waals surface area contributed by atoms with Crippen LogP contribution in [0.5, 0.6) is 0 Å². The molecule has 1 aliphatic rings. The molecule has 1 saturated carbocycles. The number of hydrogen-bond acceptors (Lipinski definition) is 1. The number of aliphatic carboxylic acids is 1. The lowest BCUT2D eigenvalue weighted by Gasteiger charge is -2.26. The SMILES string of the molecule is CC.CC.CCCC1CCCC(C(=O)O)C1. The minimum Gasteiger partial charge on any atom is -0.481 e. The van der Waals surface area contributed by atoms with E-state index >= 15 is 0 Å². The Morgan fingerprint density at radius 1 is 1.19 bits per heavy atom. The highest BCUT2D eigenvalue weighted by atomic mass is 16.4. The van der Waals surface area contributed by atoms with Crippen molar-refractivity contribution in [1.82, 2.24) is 0 Å². The zero-order valence-electron chi connectivity index (χ0n) is 11.8. The molecule has 0 aromatic carbocycles. The molecule has 0 amide bonds. The molecule has 0 aliphatic heterocycles. The van der Waals surface area contributed by atoms with Gasteiger partial charge in [-0.05, 0) is 18.8 Å². The van der Waals surface area contributed by atoms with Gasteiger partial charge in [0, 0.05) is 0 Å². The van der Waals surface area contributed by atoms with Crippen LogP contribution in [-0.2, 0) is 4.79 Å². The van der Waals surface area contributed by atoms with Crippen LogP contribution in [0, 0.1) is 11.8 Å². The van der Waals surface area contributed by atoms with Crippen molar-refractivity contribution >= 4 is 5.97 Å². The second kappa shape index (κ2) is 12.5. The van der Waals surface area contributed by atoms with E-state index in [9.17, 15) is 4.79 Å². The summed E-state index contributed by atoms with van der Waals surface area (Å²) in [4.78, 5) is 10.7. The molecule has 2 heteroatoms. The van der Waals surface area contributed by atoms with E-state index in [0.29, 0.717) is 5.92 Å². The summed E-state index contributed by atoms with van der Waals surface area (Å²) in [6.45, 7) is 10.2. The fourth-order valence-electron chi connectivity index (χ4n) is 2.19. The summed E-state index contributed by atoms with van der Waals surface area (Å²) in [7, 11) is 0. The molecule has 2 atom stereocenters. The van der Waals surface area contributed by atoms with Crippen molar-refractivity contribution < 1.29 is 9.90 Å². The Morgan fingerprint density at radius 3 is 2.19 bits per heavy atom. The van der Waals surface area contributed by atoms with E-state index in [0.717, 1.165) is 19.3 Å². The zero-order valence-corrected chi connectivity index (χ0v) is 11.8. The summed E-state index contributed by atoms with van der Waals surface area (Å²) < 4.78 is 0. The summed E-state index contributed by atoms with van der Waals surface area (Å²) in [6.07, 6.45) is 6.58. The molecule has 0 heterocycles. The predicted molar refractivity (Wildman–Crippen MR) is 70.7 cm³/mol. The van der Waals surface area contributed by atoms with Crippen molar-refractivity contribution in [2.24, 2.45) is 11.8 Å². The van der Waals surface area contributed by atoms with Crippen LogP contribution in [-0.4, -0.2) is 11.1 Å². The summed E-state index contributed by atoms with van der Waals surface area (Å²) in [5.74, 6) is 0.0518. The van der Waals surface area contributed by atoms with Gasteiger partial charge in [0.1, 0.15) is 0 Å². The summed E-state index contributed by atoms with van der Waals surface area (Å²) in [6, 6.07) is 0. The molecule has 0 aromatic heterocycles. The fraction of sp³-hybridized carbons (Fsp3) is 0.929. The van der Waals surface area contributed by atoms with Crippen LogP contribution in [0.2, 0.25) is 0 Å². The molecule has 1 fully saturated rings. The zero-order chi connectivity index (χ0) is 13.0. The molecule has 2 nitrogen and oxygen atoms in total. The molecular formula is C14H30O2. The van der Waals surface area contributed by atoms with Gasteiger partial charge in [0.25, 0.3) is 0 Å². The molecule has 0 bridgehead atoms. The topological polar surface area (TPSA) is 37.3 Å². The molecule has 1 aliphatic carbocycles. The fourth-order valence-corrected chi connectivity index (χ4v) is 2.19. The third-order valence-corrected chi connectivity index (χ3v) is 2.83. The van der Waals surface area contributed by atoms with Crippen LogP contribution in [0.25, 0.3) is 0 Å². The summed E-state index contributed by atoms with van der Waals surface area (Å²) >= 11 is 0. The quantitative estimate of drug-likeness (QED) is 0.761. The minimum atomic E-state index is -0.587. The molecule has 0 spiro atoms. The van der Waals surface area contributed by atoms with Gasteiger partial charge < -0.3 is 5.11 Å². The van der Waals surface area contributed by atoms with Crippen molar-refractivity contribution in [2.75, 3.05) is 0 Å². The minimum absolute atomic E-state index is 0.0460. The first kappa shape index (κ1) is 17.9. The van der Waals surface area contributed by atoms with Crippen LogP contribution < -0.4 is 0 Å². The highest BCUT2D eigenvalue weighted by Crippen LogP contribution is 2.31. The first-order chi connectivity index (χ1) is 7.74. The van der Waals surface area contributed by atoms with Crippen molar-refractivity contribution in [1.29, 1.82) is 0 Å². The molecule has 0 aromatic rings. The van der Waals surface area contributed by atoms with Crippen LogP contribution in [0.3, 0.4) is 0 Å². The number of rotatable bonds is 3. The second-order valence-electron chi connectivity index (χ2n) is 3.86. The van der Waals surface area contributed by atoms with Gasteiger partial charge in [-0.2, -0.15) is 0 Å². The molecule has 1 rings (SSSR count). The lowest BCUT2D eigenvalue weighted by atomic mass is 9.79. The van der Waals surface area contributed by atoms with Crippen LogP contribution in [0.15, 0.2) is 0 Å². The molecular weight excluding hydrogens is 200 g/mol. The van der Waals surface area contributed by atoms with E-state index in [4.69, 9.17) is 5.11 Å². The van der Waals surface area contributed by atoms with Crippen LogP contribution >= 0.6 is 0 Å². The van der Waals surface area contributed by atoms with E-state index in [1.165, 1.54) is 19.3 Å². The molecule has 2 unspecified atom stereocenters. The maximum atomic E-state index is 10.7. The van der Waals surface area contributed by atoms with Gasteiger partial charge >= 0.3 is 5.97 Å². The van der Waals surface area contributed by atoms with Crippen molar-refractivity contribution in [3.63, 3.8) is 0 Å². The Balaban J connectivity index is 0. The maximum Gasteiger partial charge on any atom is 0.306 e. The van der Waals surface area contributed by atoms with Gasteiger partial charge in [-0.25, -0.2) is 0 Å². The first-order valence-corrected chi connectivity index (χ1v) is 6.96. The van der Waals surface area contributed by atoms with Gasteiger partial charge in [0.05, 0.1) is 5.92 Å². The predicted octanol–water partition coefficient (Wildman–Crippen LogP) is 4.73.